The molecule has 0 fully saturated rings. The predicted octanol–water partition coefficient (Wildman–Crippen LogP) is 3.90. The Morgan fingerprint density at radius 3 is 2.32 bits per heavy atom. The standard InChI is InChI=1S/C18H27NO2S/c1-13(2)16(17(22)19-18(3,4)5)21-15(20)12-11-14-9-7-6-8-10-14/h6-10,13,16H,11-12H2,1-5H3,(H,19,22)/t16-/m0/s1. The molecule has 1 aromatic carbocycles. The Balaban J connectivity index is 2.55. The Kier molecular flexibility index (Phi) is 7.01. The van der Waals surface area contributed by atoms with Gasteiger partial charge >= 0.3 is 5.97 Å². The van der Waals surface area contributed by atoms with Crippen molar-refractivity contribution in [2.75, 3.05) is 0 Å². The van der Waals surface area contributed by atoms with Crippen molar-refractivity contribution in [1.29, 1.82) is 0 Å². The number of hydrogen-bond acceptors (Lipinski definition) is 3. The molecule has 0 aliphatic carbocycles. The van der Waals surface area contributed by atoms with Crippen LogP contribution in [-0.2, 0) is 16.0 Å². The maximum atomic E-state index is 12.1. The zero-order chi connectivity index (χ0) is 16.8. The van der Waals surface area contributed by atoms with Crippen molar-refractivity contribution < 1.29 is 9.53 Å². The van der Waals surface area contributed by atoms with Crippen molar-refractivity contribution >= 4 is 23.2 Å². The molecule has 0 aliphatic rings. The number of aryl methyl sites for hydroxylation is 1. The minimum Gasteiger partial charge on any atom is -0.455 e. The van der Waals surface area contributed by atoms with Gasteiger partial charge in [0.25, 0.3) is 0 Å². The molecule has 122 valence electrons. The third-order valence-corrected chi connectivity index (χ3v) is 3.42. The Morgan fingerprint density at radius 2 is 1.82 bits per heavy atom. The number of rotatable bonds is 6. The van der Waals surface area contributed by atoms with Crippen LogP contribution in [0.15, 0.2) is 30.3 Å². The average Bonchev–Trinajstić information content (AvgIpc) is 2.41. The van der Waals surface area contributed by atoms with E-state index in [9.17, 15) is 4.79 Å². The number of carbonyl (C=O) groups is 1. The monoisotopic (exact) mass is 321 g/mol. The first kappa shape index (κ1) is 18.6. The van der Waals surface area contributed by atoms with Crippen molar-refractivity contribution in [3.8, 4) is 0 Å². The molecule has 1 N–H and O–H groups in total. The number of thiocarbonyl (C=S) groups is 1. The molecular formula is C18H27NO2S. The minimum absolute atomic E-state index is 0.138. The van der Waals surface area contributed by atoms with E-state index in [0.717, 1.165) is 5.56 Å². The second-order valence-electron chi connectivity index (χ2n) is 6.88. The summed E-state index contributed by atoms with van der Waals surface area (Å²) in [6.07, 6.45) is 0.674. The van der Waals surface area contributed by atoms with Crippen LogP contribution in [0, 0.1) is 5.92 Å². The summed E-state index contributed by atoms with van der Waals surface area (Å²) >= 11 is 5.41. The van der Waals surface area contributed by atoms with Crippen molar-refractivity contribution in [2.24, 2.45) is 5.92 Å². The molecular weight excluding hydrogens is 294 g/mol. The summed E-state index contributed by atoms with van der Waals surface area (Å²) in [4.78, 5) is 12.7. The molecule has 1 rings (SSSR count). The van der Waals surface area contributed by atoms with Crippen LogP contribution in [0.4, 0.5) is 0 Å². The van der Waals surface area contributed by atoms with E-state index in [1.165, 1.54) is 0 Å². The highest BCUT2D eigenvalue weighted by atomic mass is 32.1. The highest BCUT2D eigenvalue weighted by Crippen LogP contribution is 2.13. The lowest BCUT2D eigenvalue weighted by Crippen LogP contribution is -2.47. The first-order valence-electron chi connectivity index (χ1n) is 7.74. The van der Waals surface area contributed by atoms with Crippen LogP contribution in [0.1, 0.15) is 46.6 Å². The quantitative estimate of drug-likeness (QED) is 0.637. The lowest BCUT2D eigenvalue weighted by Gasteiger charge is -2.29. The molecule has 3 nitrogen and oxygen atoms in total. The van der Waals surface area contributed by atoms with E-state index in [0.29, 0.717) is 17.8 Å². The molecule has 1 aromatic rings. The van der Waals surface area contributed by atoms with Gasteiger partial charge in [-0.1, -0.05) is 56.4 Å². The zero-order valence-corrected chi connectivity index (χ0v) is 15.0. The minimum atomic E-state index is -0.377. The van der Waals surface area contributed by atoms with Gasteiger partial charge < -0.3 is 10.1 Å². The van der Waals surface area contributed by atoms with Crippen LogP contribution in [0.2, 0.25) is 0 Å². The lowest BCUT2D eigenvalue weighted by molar-refractivity contribution is -0.147. The number of esters is 1. The van der Waals surface area contributed by atoms with E-state index in [-0.39, 0.29) is 23.5 Å². The van der Waals surface area contributed by atoms with Crippen molar-refractivity contribution in [1.82, 2.24) is 5.32 Å². The van der Waals surface area contributed by atoms with Gasteiger partial charge in [-0.05, 0) is 38.7 Å². The lowest BCUT2D eigenvalue weighted by atomic mass is 10.0. The summed E-state index contributed by atoms with van der Waals surface area (Å²) in [6.45, 7) is 10.1. The summed E-state index contributed by atoms with van der Waals surface area (Å²) in [6, 6.07) is 9.94. The van der Waals surface area contributed by atoms with Gasteiger partial charge in [0.15, 0.2) is 6.10 Å². The first-order valence-corrected chi connectivity index (χ1v) is 8.15. The Hall–Kier alpha value is -1.42. The van der Waals surface area contributed by atoms with Crippen LogP contribution < -0.4 is 5.32 Å². The number of hydrogen-bond donors (Lipinski definition) is 1. The van der Waals surface area contributed by atoms with E-state index in [1.54, 1.807) is 0 Å². The summed E-state index contributed by atoms with van der Waals surface area (Å²) < 4.78 is 5.60. The number of benzene rings is 1. The fourth-order valence-electron chi connectivity index (χ4n) is 2.02. The Labute approximate surface area is 139 Å². The van der Waals surface area contributed by atoms with E-state index in [4.69, 9.17) is 17.0 Å². The Morgan fingerprint density at radius 1 is 1.23 bits per heavy atom. The maximum Gasteiger partial charge on any atom is 0.306 e. The zero-order valence-electron chi connectivity index (χ0n) is 14.2. The number of ether oxygens (including phenoxy) is 1. The second kappa shape index (κ2) is 8.28. The highest BCUT2D eigenvalue weighted by Gasteiger charge is 2.25. The molecule has 0 heterocycles. The van der Waals surface area contributed by atoms with E-state index in [1.807, 2.05) is 65.0 Å². The molecule has 0 saturated carbocycles. The van der Waals surface area contributed by atoms with Gasteiger partial charge in [0.2, 0.25) is 0 Å². The third-order valence-electron chi connectivity index (χ3n) is 3.08. The average molecular weight is 321 g/mol. The molecule has 0 aliphatic heterocycles. The van der Waals surface area contributed by atoms with Crippen LogP contribution >= 0.6 is 12.2 Å². The SMILES string of the molecule is CC(C)[C@H](OC(=O)CCc1ccccc1)C(=S)NC(C)(C)C. The van der Waals surface area contributed by atoms with Gasteiger partial charge in [0, 0.05) is 12.0 Å². The molecule has 0 spiro atoms. The van der Waals surface area contributed by atoms with Gasteiger partial charge in [0.05, 0.1) is 0 Å². The number of carbonyl (C=O) groups excluding carboxylic acids is 1. The molecule has 22 heavy (non-hydrogen) atoms. The molecule has 0 radical (unpaired) electrons. The second-order valence-corrected chi connectivity index (χ2v) is 7.32. The topological polar surface area (TPSA) is 38.3 Å². The number of nitrogens with one attached hydrogen (secondary N) is 1. The highest BCUT2D eigenvalue weighted by molar-refractivity contribution is 7.80. The third kappa shape index (κ3) is 7.03. The fraction of sp³-hybridized carbons (Fsp3) is 0.556. The molecule has 0 unspecified atom stereocenters. The summed E-state index contributed by atoms with van der Waals surface area (Å²) in [5.41, 5.74) is 0.997. The van der Waals surface area contributed by atoms with E-state index in [2.05, 4.69) is 5.32 Å². The van der Waals surface area contributed by atoms with E-state index >= 15 is 0 Å². The maximum absolute atomic E-state index is 12.1. The summed E-state index contributed by atoms with van der Waals surface area (Å²) in [7, 11) is 0. The van der Waals surface area contributed by atoms with Gasteiger partial charge in [-0.15, -0.1) is 0 Å². The molecule has 0 amide bonds. The van der Waals surface area contributed by atoms with Gasteiger partial charge in [-0.2, -0.15) is 0 Å². The molecule has 1 atom stereocenters. The normalized spacial score (nSPS) is 12.8. The van der Waals surface area contributed by atoms with Crippen LogP contribution in [0.5, 0.6) is 0 Å². The summed E-state index contributed by atoms with van der Waals surface area (Å²) in [5.74, 6) is -0.0661. The van der Waals surface area contributed by atoms with Crippen LogP contribution in [0.25, 0.3) is 0 Å². The Bertz CT molecular complexity index is 492. The van der Waals surface area contributed by atoms with Crippen molar-refractivity contribution in [2.45, 2.75) is 59.1 Å². The van der Waals surface area contributed by atoms with Gasteiger partial charge in [-0.25, -0.2) is 0 Å². The largest absolute Gasteiger partial charge is 0.455 e. The van der Waals surface area contributed by atoms with Gasteiger partial charge in [0.1, 0.15) is 4.99 Å². The molecule has 0 bridgehead atoms. The van der Waals surface area contributed by atoms with Crippen molar-refractivity contribution in [3.05, 3.63) is 35.9 Å². The molecule has 0 saturated heterocycles. The van der Waals surface area contributed by atoms with Crippen LogP contribution in [0.3, 0.4) is 0 Å². The van der Waals surface area contributed by atoms with E-state index < -0.39 is 0 Å². The predicted molar refractivity (Wildman–Crippen MR) is 95.0 cm³/mol. The fourth-order valence-corrected chi connectivity index (χ4v) is 2.65. The summed E-state index contributed by atoms with van der Waals surface area (Å²) in [5, 5.41) is 3.23. The van der Waals surface area contributed by atoms with Crippen LogP contribution in [-0.4, -0.2) is 22.6 Å². The van der Waals surface area contributed by atoms with Crippen molar-refractivity contribution in [3.63, 3.8) is 0 Å². The van der Waals surface area contributed by atoms with Gasteiger partial charge in [-0.3, -0.25) is 4.79 Å². The molecule has 0 aromatic heterocycles. The smallest absolute Gasteiger partial charge is 0.306 e. The first-order chi connectivity index (χ1) is 10.2. The molecule has 4 heteroatoms.